The van der Waals surface area contributed by atoms with Crippen molar-refractivity contribution in [1.82, 2.24) is 0 Å². The lowest BCUT2D eigenvalue weighted by Gasteiger charge is -2.17. The van der Waals surface area contributed by atoms with E-state index in [9.17, 15) is 0 Å². The Balaban J connectivity index is 2.23. The van der Waals surface area contributed by atoms with Crippen LogP contribution in [0.3, 0.4) is 0 Å². The molecule has 0 aliphatic rings. The standard InChI is InChI=1S/C14H14BrClS/c1-9(11-6-4-3-5-7-11)14(16)13-8-12(15)10(2)17-13/h3-9,14H,1-2H3. The highest BCUT2D eigenvalue weighted by atomic mass is 79.9. The van der Waals surface area contributed by atoms with E-state index < -0.39 is 0 Å². The molecule has 17 heavy (non-hydrogen) atoms. The minimum Gasteiger partial charge on any atom is -0.143 e. The van der Waals surface area contributed by atoms with Crippen LogP contribution in [0.25, 0.3) is 0 Å². The van der Waals surface area contributed by atoms with Gasteiger partial charge in [0.2, 0.25) is 0 Å². The molecular weight excluding hydrogens is 316 g/mol. The summed E-state index contributed by atoms with van der Waals surface area (Å²) >= 11 is 11.9. The summed E-state index contributed by atoms with van der Waals surface area (Å²) in [4.78, 5) is 2.51. The molecule has 1 heterocycles. The number of halogens is 2. The lowest BCUT2D eigenvalue weighted by Crippen LogP contribution is -2.00. The Morgan fingerprint density at radius 3 is 2.41 bits per heavy atom. The lowest BCUT2D eigenvalue weighted by molar-refractivity contribution is 0.741. The van der Waals surface area contributed by atoms with Crippen molar-refractivity contribution in [2.75, 3.05) is 0 Å². The maximum atomic E-state index is 6.57. The van der Waals surface area contributed by atoms with Crippen molar-refractivity contribution in [2.24, 2.45) is 0 Å². The first kappa shape index (κ1) is 13.1. The summed E-state index contributed by atoms with van der Waals surface area (Å²) < 4.78 is 1.16. The van der Waals surface area contributed by atoms with Crippen LogP contribution in [-0.2, 0) is 0 Å². The third kappa shape index (κ3) is 2.93. The summed E-state index contributed by atoms with van der Waals surface area (Å²) in [6.07, 6.45) is 0. The van der Waals surface area contributed by atoms with Crippen molar-refractivity contribution >= 4 is 38.9 Å². The fraction of sp³-hybridized carbons (Fsp3) is 0.286. The molecule has 2 aromatic rings. The van der Waals surface area contributed by atoms with Crippen molar-refractivity contribution in [1.29, 1.82) is 0 Å². The van der Waals surface area contributed by atoms with Crippen molar-refractivity contribution in [3.63, 3.8) is 0 Å². The molecule has 2 rings (SSSR count). The second-order valence-electron chi connectivity index (χ2n) is 4.15. The van der Waals surface area contributed by atoms with E-state index in [-0.39, 0.29) is 5.38 Å². The number of hydrogen-bond acceptors (Lipinski definition) is 1. The molecule has 0 N–H and O–H groups in total. The van der Waals surface area contributed by atoms with Crippen molar-refractivity contribution in [3.8, 4) is 0 Å². The van der Waals surface area contributed by atoms with E-state index in [0.717, 1.165) is 4.47 Å². The van der Waals surface area contributed by atoms with Crippen LogP contribution < -0.4 is 0 Å². The van der Waals surface area contributed by atoms with Gasteiger partial charge in [-0.05, 0) is 34.5 Å². The SMILES string of the molecule is Cc1sc(C(Cl)C(C)c2ccccc2)cc1Br. The second-order valence-corrected chi connectivity index (χ2v) is 6.77. The Labute approximate surface area is 120 Å². The Hall–Kier alpha value is -0.310. The highest BCUT2D eigenvalue weighted by Crippen LogP contribution is 2.41. The normalized spacial score (nSPS) is 14.6. The van der Waals surface area contributed by atoms with Crippen LogP contribution in [-0.4, -0.2) is 0 Å². The van der Waals surface area contributed by atoms with Gasteiger partial charge in [-0.3, -0.25) is 0 Å². The Kier molecular flexibility index (Phi) is 4.29. The monoisotopic (exact) mass is 328 g/mol. The summed E-state index contributed by atoms with van der Waals surface area (Å²) in [7, 11) is 0. The van der Waals surface area contributed by atoms with Gasteiger partial charge in [-0.1, -0.05) is 37.3 Å². The molecule has 90 valence electrons. The van der Waals surface area contributed by atoms with Gasteiger partial charge in [0.25, 0.3) is 0 Å². The van der Waals surface area contributed by atoms with Gasteiger partial charge in [0.15, 0.2) is 0 Å². The molecular formula is C14H14BrClS. The van der Waals surface area contributed by atoms with E-state index in [1.807, 2.05) is 6.07 Å². The molecule has 2 unspecified atom stereocenters. The third-order valence-electron chi connectivity index (χ3n) is 2.91. The third-order valence-corrected chi connectivity index (χ3v) is 5.87. The van der Waals surface area contributed by atoms with Gasteiger partial charge in [-0.2, -0.15) is 0 Å². The van der Waals surface area contributed by atoms with E-state index in [0.29, 0.717) is 5.92 Å². The van der Waals surface area contributed by atoms with E-state index in [2.05, 4.69) is 60.1 Å². The zero-order chi connectivity index (χ0) is 12.4. The molecule has 0 radical (unpaired) electrons. The number of rotatable bonds is 3. The average Bonchev–Trinajstić information content (AvgIpc) is 2.69. The van der Waals surface area contributed by atoms with Crippen molar-refractivity contribution < 1.29 is 0 Å². The van der Waals surface area contributed by atoms with Crippen LogP contribution in [0.4, 0.5) is 0 Å². The Morgan fingerprint density at radius 1 is 1.24 bits per heavy atom. The summed E-state index contributed by atoms with van der Waals surface area (Å²) in [6, 6.07) is 12.6. The van der Waals surface area contributed by atoms with Crippen molar-refractivity contribution in [3.05, 3.63) is 56.2 Å². The average molecular weight is 330 g/mol. The van der Waals surface area contributed by atoms with Gasteiger partial charge < -0.3 is 0 Å². The van der Waals surface area contributed by atoms with Crippen molar-refractivity contribution in [2.45, 2.75) is 25.1 Å². The van der Waals surface area contributed by atoms with Gasteiger partial charge >= 0.3 is 0 Å². The number of aryl methyl sites for hydroxylation is 1. The maximum Gasteiger partial charge on any atom is 0.0744 e. The summed E-state index contributed by atoms with van der Waals surface area (Å²) in [5, 5.41) is 0.0346. The van der Waals surface area contributed by atoms with E-state index in [1.165, 1.54) is 15.3 Å². The predicted molar refractivity (Wildman–Crippen MR) is 80.2 cm³/mol. The molecule has 0 fully saturated rings. The highest BCUT2D eigenvalue weighted by Gasteiger charge is 2.20. The number of thiophene rings is 1. The minimum atomic E-state index is 0.0346. The molecule has 0 nitrogen and oxygen atoms in total. The molecule has 0 saturated heterocycles. The summed E-state index contributed by atoms with van der Waals surface area (Å²) in [5.41, 5.74) is 1.29. The molecule has 0 spiro atoms. The summed E-state index contributed by atoms with van der Waals surface area (Å²) in [5.74, 6) is 0.322. The van der Waals surface area contributed by atoms with Gasteiger partial charge in [0.05, 0.1) is 5.38 Å². The number of alkyl halides is 1. The molecule has 0 amide bonds. The molecule has 0 bridgehead atoms. The Morgan fingerprint density at radius 2 is 1.88 bits per heavy atom. The molecule has 2 atom stereocenters. The van der Waals surface area contributed by atoms with E-state index in [1.54, 1.807) is 11.3 Å². The van der Waals surface area contributed by atoms with Crippen LogP contribution >= 0.6 is 38.9 Å². The van der Waals surface area contributed by atoms with Gasteiger partial charge in [-0.25, -0.2) is 0 Å². The summed E-state index contributed by atoms with van der Waals surface area (Å²) in [6.45, 7) is 4.28. The smallest absolute Gasteiger partial charge is 0.0744 e. The van der Waals surface area contributed by atoms with E-state index >= 15 is 0 Å². The zero-order valence-corrected chi connectivity index (χ0v) is 12.9. The van der Waals surface area contributed by atoms with E-state index in [4.69, 9.17) is 11.6 Å². The molecule has 0 aliphatic heterocycles. The highest BCUT2D eigenvalue weighted by molar-refractivity contribution is 9.10. The quantitative estimate of drug-likeness (QED) is 0.615. The van der Waals surface area contributed by atoms with Crippen LogP contribution in [0, 0.1) is 6.92 Å². The first-order valence-corrected chi connectivity index (χ1v) is 7.59. The molecule has 1 aromatic carbocycles. The van der Waals surface area contributed by atoms with Gasteiger partial charge in [-0.15, -0.1) is 22.9 Å². The zero-order valence-electron chi connectivity index (χ0n) is 9.78. The lowest BCUT2D eigenvalue weighted by atomic mass is 9.97. The fourth-order valence-corrected chi connectivity index (χ4v) is 3.78. The second kappa shape index (κ2) is 5.55. The molecule has 0 aliphatic carbocycles. The first-order chi connectivity index (χ1) is 8.09. The minimum absolute atomic E-state index is 0.0346. The van der Waals surface area contributed by atoms with Crippen LogP contribution in [0.5, 0.6) is 0 Å². The molecule has 1 aromatic heterocycles. The number of benzene rings is 1. The largest absolute Gasteiger partial charge is 0.143 e. The predicted octanol–water partition coefficient (Wildman–Crippen LogP) is 5.90. The van der Waals surface area contributed by atoms with Gasteiger partial charge in [0.1, 0.15) is 0 Å². The van der Waals surface area contributed by atoms with Crippen LogP contribution in [0.2, 0.25) is 0 Å². The Bertz CT molecular complexity index is 473. The topological polar surface area (TPSA) is 0 Å². The fourth-order valence-electron chi connectivity index (χ4n) is 1.79. The maximum absolute atomic E-state index is 6.57. The molecule has 3 heteroatoms. The molecule has 0 saturated carbocycles. The van der Waals surface area contributed by atoms with Gasteiger partial charge in [0, 0.05) is 20.1 Å². The number of hydrogen-bond donors (Lipinski definition) is 0. The van der Waals surface area contributed by atoms with Crippen LogP contribution in [0.15, 0.2) is 40.9 Å². The first-order valence-electron chi connectivity index (χ1n) is 5.54. The van der Waals surface area contributed by atoms with Crippen LogP contribution in [0.1, 0.15) is 33.5 Å².